The minimum absolute atomic E-state index is 0.280. The molecule has 2 aromatic carbocycles. The van der Waals surface area contributed by atoms with Crippen molar-refractivity contribution in [3.05, 3.63) is 65.1 Å². The molecule has 8 nitrogen and oxygen atoms in total. The van der Waals surface area contributed by atoms with Gasteiger partial charge in [0.2, 0.25) is 0 Å². The van der Waals surface area contributed by atoms with Crippen molar-refractivity contribution >= 4 is 10.9 Å². The standard InChI is InChI=1S/C22H24FNO7/c1-11-5-6-12(8-14(11)23)7-13-9-24-15-3-2-4-16(18(13)15)30-31-21-20(27)19(26)17(10-25)29-22(21)28/h2-6,8-9,17,19-22,24-28H,7,10H2,1H3/t17-,19-,20+,21-,22-/m1/s1. The van der Waals surface area contributed by atoms with Crippen molar-refractivity contribution in [1.82, 2.24) is 4.98 Å². The molecule has 0 aliphatic carbocycles. The van der Waals surface area contributed by atoms with E-state index in [1.54, 1.807) is 31.3 Å². The Balaban J connectivity index is 1.56. The minimum atomic E-state index is -1.61. The number of aliphatic hydroxyl groups excluding tert-OH is 4. The third kappa shape index (κ3) is 4.29. The van der Waals surface area contributed by atoms with Crippen LogP contribution in [0.3, 0.4) is 0 Å². The summed E-state index contributed by atoms with van der Waals surface area (Å²) >= 11 is 0. The fourth-order valence-electron chi connectivity index (χ4n) is 3.68. The van der Waals surface area contributed by atoms with Crippen molar-refractivity contribution in [2.24, 2.45) is 0 Å². The van der Waals surface area contributed by atoms with E-state index < -0.39 is 37.3 Å². The van der Waals surface area contributed by atoms with Crippen molar-refractivity contribution in [2.45, 2.75) is 44.1 Å². The smallest absolute Gasteiger partial charge is 0.188 e. The molecular weight excluding hydrogens is 409 g/mol. The van der Waals surface area contributed by atoms with Gasteiger partial charge in [0, 0.05) is 17.1 Å². The molecule has 0 spiro atoms. The molecule has 1 aliphatic heterocycles. The Morgan fingerprint density at radius 1 is 1.13 bits per heavy atom. The van der Waals surface area contributed by atoms with Crippen LogP contribution < -0.4 is 4.89 Å². The number of H-pyrrole nitrogens is 1. The van der Waals surface area contributed by atoms with E-state index >= 15 is 0 Å². The Bertz CT molecular complexity index is 1060. The molecule has 4 rings (SSSR count). The number of benzene rings is 2. The molecule has 0 saturated carbocycles. The van der Waals surface area contributed by atoms with E-state index in [9.17, 15) is 19.7 Å². The van der Waals surface area contributed by atoms with Gasteiger partial charge < -0.3 is 35.0 Å². The maximum atomic E-state index is 13.9. The van der Waals surface area contributed by atoms with Crippen molar-refractivity contribution in [3.8, 4) is 5.75 Å². The molecule has 0 unspecified atom stereocenters. The number of hydrogen-bond acceptors (Lipinski definition) is 7. The highest BCUT2D eigenvalue weighted by molar-refractivity contribution is 5.89. The van der Waals surface area contributed by atoms with Crippen LogP contribution in [0.4, 0.5) is 4.39 Å². The molecule has 3 aromatic rings. The third-order valence-corrected chi connectivity index (χ3v) is 5.47. The molecule has 9 heteroatoms. The molecule has 1 fully saturated rings. The molecule has 0 radical (unpaired) electrons. The second-order valence-corrected chi connectivity index (χ2v) is 7.63. The number of rotatable bonds is 6. The molecule has 1 aliphatic rings. The van der Waals surface area contributed by atoms with E-state index in [4.69, 9.17) is 19.6 Å². The lowest BCUT2D eigenvalue weighted by molar-refractivity contribution is -0.364. The van der Waals surface area contributed by atoms with Crippen LogP contribution in [-0.4, -0.2) is 62.7 Å². The maximum absolute atomic E-state index is 13.9. The minimum Gasteiger partial charge on any atom is -0.394 e. The van der Waals surface area contributed by atoms with Gasteiger partial charge in [-0.25, -0.2) is 4.39 Å². The van der Waals surface area contributed by atoms with Crippen molar-refractivity contribution in [2.75, 3.05) is 6.61 Å². The van der Waals surface area contributed by atoms with E-state index in [0.29, 0.717) is 23.1 Å². The SMILES string of the molecule is Cc1ccc(Cc2c[nH]c3cccc(OO[C@@H]4[C@@H](O)[C@H](O)[C@@H](CO)O[C@H]4O)c23)cc1F. The van der Waals surface area contributed by atoms with E-state index in [2.05, 4.69) is 4.98 Å². The van der Waals surface area contributed by atoms with E-state index in [0.717, 1.165) is 16.6 Å². The van der Waals surface area contributed by atoms with Gasteiger partial charge in [-0.2, -0.15) is 4.89 Å². The lowest BCUT2D eigenvalue weighted by atomic mass is 9.99. The fraction of sp³-hybridized carbons (Fsp3) is 0.364. The summed E-state index contributed by atoms with van der Waals surface area (Å²) in [5.41, 5.74) is 2.94. The van der Waals surface area contributed by atoms with Gasteiger partial charge in [0.15, 0.2) is 18.1 Å². The Morgan fingerprint density at radius 3 is 2.68 bits per heavy atom. The van der Waals surface area contributed by atoms with Gasteiger partial charge in [-0.3, -0.25) is 0 Å². The highest BCUT2D eigenvalue weighted by atomic mass is 19.1. The summed E-state index contributed by atoms with van der Waals surface area (Å²) in [6.07, 6.45) is -4.93. The van der Waals surface area contributed by atoms with Crippen molar-refractivity contribution in [3.63, 3.8) is 0 Å². The number of aromatic nitrogens is 1. The Morgan fingerprint density at radius 2 is 1.94 bits per heavy atom. The van der Waals surface area contributed by atoms with E-state index in [-0.39, 0.29) is 5.82 Å². The van der Waals surface area contributed by atoms with Crippen LogP contribution in [0.25, 0.3) is 10.9 Å². The number of nitrogens with one attached hydrogen (secondary N) is 1. The number of ether oxygens (including phenoxy) is 1. The van der Waals surface area contributed by atoms with Gasteiger partial charge in [0.25, 0.3) is 0 Å². The third-order valence-electron chi connectivity index (χ3n) is 5.47. The van der Waals surface area contributed by atoms with Crippen LogP contribution in [0, 0.1) is 12.7 Å². The number of halogens is 1. The van der Waals surface area contributed by atoms with Crippen LogP contribution in [0.1, 0.15) is 16.7 Å². The average Bonchev–Trinajstić information content (AvgIpc) is 3.17. The van der Waals surface area contributed by atoms with Gasteiger partial charge in [-0.1, -0.05) is 18.2 Å². The van der Waals surface area contributed by atoms with Gasteiger partial charge in [0.05, 0.1) is 6.61 Å². The zero-order chi connectivity index (χ0) is 22.1. The number of hydrogen-bond donors (Lipinski definition) is 5. The van der Waals surface area contributed by atoms with Crippen molar-refractivity contribution < 1.29 is 39.3 Å². The van der Waals surface area contributed by atoms with Crippen molar-refractivity contribution in [1.29, 1.82) is 0 Å². The van der Waals surface area contributed by atoms with Crippen LogP contribution in [0.2, 0.25) is 0 Å². The Hall–Kier alpha value is -2.53. The topological polar surface area (TPSA) is 124 Å². The van der Waals surface area contributed by atoms with Crippen LogP contribution in [0.15, 0.2) is 42.6 Å². The molecule has 0 amide bonds. The zero-order valence-corrected chi connectivity index (χ0v) is 16.7. The molecule has 5 N–H and O–H groups in total. The largest absolute Gasteiger partial charge is 0.394 e. The molecule has 166 valence electrons. The normalized spacial score (nSPS) is 26.3. The summed E-state index contributed by atoms with van der Waals surface area (Å²) in [7, 11) is 0. The van der Waals surface area contributed by atoms with Gasteiger partial charge >= 0.3 is 0 Å². The molecule has 2 heterocycles. The van der Waals surface area contributed by atoms with Crippen LogP contribution >= 0.6 is 0 Å². The summed E-state index contributed by atoms with van der Waals surface area (Å²) < 4.78 is 19.0. The molecular formula is C22H24FNO7. The van der Waals surface area contributed by atoms with Gasteiger partial charge in [-0.15, -0.1) is 0 Å². The first kappa shape index (κ1) is 21.7. The zero-order valence-electron chi connectivity index (χ0n) is 16.7. The first-order valence-electron chi connectivity index (χ1n) is 9.87. The highest BCUT2D eigenvalue weighted by Gasteiger charge is 2.45. The average molecular weight is 433 g/mol. The second kappa shape index (κ2) is 8.91. The predicted molar refractivity (Wildman–Crippen MR) is 108 cm³/mol. The number of aryl methyl sites for hydroxylation is 1. The summed E-state index contributed by atoms with van der Waals surface area (Å²) in [6.45, 7) is 1.13. The molecule has 31 heavy (non-hydrogen) atoms. The first-order chi connectivity index (χ1) is 14.9. The van der Waals surface area contributed by atoms with Gasteiger partial charge in [0.1, 0.15) is 24.1 Å². The summed E-state index contributed by atoms with van der Waals surface area (Å²) in [6, 6.07) is 10.3. The monoisotopic (exact) mass is 433 g/mol. The summed E-state index contributed by atoms with van der Waals surface area (Å²) in [5.74, 6) is 0.0247. The number of fused-ring (bicyclic) bond motifs is 1. The highest BCUT2D eigenvalue weighted by Crippen LogP contribution is 2.32. The molecule has 1 aromatic heterocycles. The van der Waals surface area contributed by atoms with Crippen LogP contribution in [0.5, 0.6) is 5.75 Å². The van der Waals surface area contributed by atoms with E-state index in [1.165, 1.54) is 6.07 Å². The Kier molecular flexibility index (Phi) is 6.24. The number of aliphatic hydroxyl groups is 4. The Labute approximate surface area is 177 Å². The lowest BCUT2D eigenvalue weighted by Gasteiger charge is -2.38. The number of aromatic amines is 1. The lowest BCUT2D eigenvalue weighted by Crippen LogP contribution is -2.59. The molecule has 1 saturated heterocycles. The fourth-order valence-corrected chi connectivity index (χ4v) is 3.68. The first-order valence-corrected chi connectivity index (χ1v) is 9.87. The van der Waals surface area contributed by atoms with Gasteiger partial charge in [-0.05, 0) is 48.2 Å². The predicted octanol–water partition coefficient (Wildman–Crippen LogP) is 1.32. The second-order valence-electron chi connectivity index (χ2n) is 7.63. The van der Waals surface area contributed by atoms with Crippen LogP contribution in [-0.2, 0) is 16.0 Å². The maximum Gasteiger partial charge on any atom is 0.188 e. The summed E-state index contributed by atoms with van der Waals surface area (Å²) in [4.78, 5) is 13.8. The quantitative estimate of drug-likeness (QED) is 0.293. The summed E-state index contributed by atoms with van der Waals surface area (Å²) in [5, 5.41) is 40.1. The van der Waals surface area contributed by atoms with E-state index in [1.807, 2.05) is 12.1 Å². The molecule has 5 atom stereocenters. The molecule has 0 bridgehead atoms.